The molecule has 28 heavy (non-hydrogen) atoms. The van der Waals surface area contributed by atoms with E-state index in [1.165, 1.54) is 13.0 Å². The van der Waals surface area contributed by atoms with Crippen molar-refractivity contribution in [3.05, 3.63) is 63.7 Å². The molecule has 8 nitrogen and oxygen atoms in total. The van der Waals surface area contributed by atoms with Crippen LogP contribution in [0.1, 0.15) is 22.8 Å². The van der Waals surface area contributed by atoms with E-state index >= 15 is 0 Å². The van der Waals surface area contributed by atoms with Gasteiger partial charge in [0.05, 0.1) is 21.7 Å². The molecule has 0 radical (unpaired) electrons. The van der Waals surface area contributed by atoms with E-state index in [4.69, 9.17) is 10.5 Å². The molecule has 2 aromatic rings. The second-order valence-corrected chi connectivity index (χ2v) is 5.64. The van der Waals surface area contributed by atoms with Gasteiger partial charge < -0.3 is 15.8 Å². The first-order chi connectivity index (χ1) is 13.0. The molecule has 0 unspecified atom stereocenters. The molecule has 0 aliphatic heterocycles. The van der Waals surface area contributed by atoms with Gasteiger partial charge in [-0.25, -0.2) is 4.79 Å². The van der Waals surface area contributed by atoms with E-state index < -0.39 is 34.6 Å². The number of alkyl halides is 3. The summed E-state index contributed by atoms with van der Waals surface area (Å²) in [4.78, 5) is 34.2. The van der Waals surface area contributed by atoms with E-state index in [-0.39, 0.29) is 22.6 Å². The maximum Gasteiger partial charge on any atom is 0.416 e. The third kappa shape index (κ3) is 4.96. The second kappa shape index (κ2) is 7.94. The van der Waals surface area contributed by atoms with Crippen molar-refractivity contribution in [1.29, 1.82) is 0 Å². The van der Waals surface area contributed by atoms with Crippen LogP contribution in [0.15, 0.2) is 42.5 Å². The number of esters is 1. The first-order valence-corrected chi connectivity index (χ1v) is 7.72. The first kappa shape index (κ1) is 20.7. The number of benzene rings is 2. The number of anilines is 2. The molecule has 148 valence electrons. The summed E-state index contributed by atoms with van der Waals surface area (Å²) in [6.07, 6.45) is -5.94. The number of halogens is 3. The number of nitrogens with one attached hydrogen (secondary N) is 1. The Labute approximate surface area is 156 Å². The molecule has 0 fully saturated rings. The van der Waals surface area contributed by atoms with Crippen LogP contribution in [0.2, 0.25) is 0 Å². The Morgan fingerprint density at radius 2 is 1.89 bits per heavy atom. The SMILES string of the molecule is C[C@H](OC(=O)c1ccc([N+](=O)[O-])cc1N)C(=O)Nc1cccc(C(F)(F)F)c1. The van der Waals surface area contributed by atoms with Crippen LogP contribution in [0, 0.1) is 10.1 Å². The van der Waals surface area contributed by atoms with Crippen molar-refractivity contribution in [2.45, 2.75) is 19.2 Å². The Morgan fingerprint density at radius 3 is 2.46 bits per heavy atom. The molecular formula is C17H14F3N3O5. The fourth-order valence-electron chi connectivity index (χ4n) is 2.14. The summed E-state index contributed by atoms with van der Waals surface area (Å²) >= 11 is 0. The van der Waals surface area contributed by atoms with E-state index in [2.05, 4.69) is 5.32 Å². The van der Waals surface area contributed by atoms with Crippen LogP contribution in [-0.2, 0) is 15.7 Å². The Kier molecular flexibility index (Phi) is 5.87. The van der Waals surface area contributed by atoms with E-state index in [0.29, 0.717) is 0 Å². The fraction of sp³-hybridized carbons (Fsp3) is 0.176. The van der Waals surface area contributed by atoms with Gasteiger partial charge in [0.2, 0.25) is 0 Å². The number of amides is 1. The van der Waals surface area contributed by atoms with Crippen molar-refractivity contribution < 1.29 is 32.4 Å². The molecule has 11 heteroatoms. The highest BCUT2D eigenvalue weighted by molar-refractivity contribution is 5.99. The number of carbonyl (C=O) groups excluding carboxylic acids is 2. The van der Waals surface area contributed by atoms with Gasteiger partial charge in [-0.05, 0) is 31.2 Å². The van der Waals surface area contributed by atoms with Gasteiger partial charge in [-0.3, -0.25) is 14.9 Å². The molecule has 3 N–H and O–H groups in total. The maximum atomic E-state index is 12.7. The van der Waals surface area contributed by atoms with Gasteiger partial charge in [0.1, 0.15) is 0 Å². The number of hydrogen-bond acceptors (Lipinski definition) is 6. The molecule has 0 aliphatic rings. The van der Waals surface area contributed by atoms with E-state index in [9.17, 15) is 32.9 Å². The number of carbonyl (C=O) groups is 2. The molecule has 0 aromatic heterocycles. The summed E-state index contributed by atoms with van der Waals surface area (Å²) in [6, 6.07) is 7.03. The third-order valence-electron chi connectivity index (χ3n) is 3.58. The van der Waals surface area contributed by atoms with E-state index in [1.54, 1.807) is 0 Å². The lowest BCUT2D eigenvalue weighted by molar-refractivity contribution is -0.384. The molecule has 2 rings (SSSR count). The zero-order chi connectivity index (χ0) is 21.1. The number of nitrogen functional groups attached to an aromatic ring is 1. The number of hydrogen-bond donors (Lipinski definition) is 2. The van der Waals surface area contributed by atoms with Crippen LogP contribution in [0.25, 0.3) is 0 Å². The molecule has 0 bridgehead atoms. The molecule has 0 spiro atoms. The van der Waals surface area contributed by atoms with Crippen molar-refractivity contribution in [1.82, 2.24) is 0 Å². The van der Waals surface area contributed by atoms with Crippen LogP contribution in [0.4, 0.5) is 30.2 Å². The van der Waals surface area contributed by atoms with E-state index in [0.717, 1.165) is 36.4 Å². The fourth-order valence-corrected chi connectivity index (χ4v) is 2.14. The Morgan fingerprint density at radius 1 is 1.21 bits per heavy atom. The number of non-ortho nitro benzene ring substituents is 1. The molecule has 0 saturated heterocycles. The highest BCUT2D eigenvalue weighted by Gasteiger charge is 2.30. The minimum Gasteiger partial charge on any atom is -0.449 e. The lowest BCUT2D eigenvalue weighted by Crippen LogP contribution is -2.30. The highest BCUT2D eigenvalue weighted by atomic mass is 19.4. The predicted molar refractivity (Wildman–Crippen MR) is 92.5 cm³/mol. The van der Waals surface area contributed by atoms with Gasteiger partial charge in [0, 0.05) is 17.8 Å². The number of nitrogens with two attached hydrogens (primary N) is 1. The summed E-state index contributed by atoms with van der Waals surface area (Å²) in [5.41, 5.74) is 3.77. The Balaban J connectivity index is 2.06. The summed E-state index contributed by atoms with van der Waals surface area (Å²) < 4.78 is 43.0. The number of nitro groups is 1. The Hall–Kier alpha value is -3.63. The second-order valence-electron chi connectivity index (χ2n) is 5.64. The van der Waals surface area contributed by atoms with Crippen LogP contribution in [0.3, 0.4) is 0 Å². The number of nitro benzene ring substituents is 1. The number of ether oxygens (including phenoxy) is 1. The molecule has 1 atom stereocenters. The summed E-state index contributed by atoms with van der Waals surface area (Å²) in [5.74, 6) is -1.88. The van der Waals surface area contributed by atoms with Gasteiger partial charge in [0.25, 0.3) is 11.6 Å². The summed E-state index contributed by atoms with van der Waals surface area (Å²) in [6.45, 7) is 1.21. The summed E-state index contributed by atoms with van der Waals surface area (Å²) in [7, 11) is 0. The van der Waals surface area contributed by atoms with Crippen molar-refractivity contribution in [3.8, 4) is 0 Å². The van der Waals surface area contributed by atoms with Gasteiger partial charge in [-0.15, -0.1) is 0 Å². The number of nitrogens with zero attached hydrogens (tertiary/aromatic N) is 1. The van der Waals surface area contributed by atoms with Crippen LogP contribution in [0.5, 0.6) is 0 Å². The molecule has 0 aliphatic carbocycles. The lowest BCUT2D eigenvalue weighted by Gasteiger charge is -2.15. The third-order valence-corrected chi connectivity index (χ3v) is 3.58. The molecular weight excluding hydrogens is 383 g/mol. The normalized spacial score (nSPS) is 12.1. The minimum atomic E-state index is -4.58. The van der Waals surface area contributed by atoms with Crippen LogP contribution in [-0.4, -0.2) is 22.9 Å². The highest BCUT2D eigenvalue weighted by Crippen LogP contribution is 2.30. The van der Waals surface area contributed by atoms with Crippen molar-refractivity contribution in [2.24, 2.45) is 0 Å². The average molecular weight is 397 g/mol. The zero-order valence-corrected chi connectivity index (χ0v) is 14.3. The zero-order valence-electron chi connectivity index (χ0n) is 14.3. The van der Waals surface area contributed by atoms with Crippen molar-refractivity contribution >= 4 is 28.9 Å². The van der Waals surface area contributed by atoms with Crippen LogP contribution >= 0.6 is 0 Å². The molecule has 2 aromatic carbocycles. The monoisotopic (exact) mass is 397 g/mol. The van der Waals surface area contributed by atoms with Gasteiger partial charge in [-0.2, -0.15) is 13.2 Å². The maximum absolute atomic E-state index is 12.7. The van der Waals surface area contributed by atoms with E-state index in [1.807, 2.05) is 0 Å². The molecule has 0 heterocycles. The number of rotatable bonds is 5. The van der Waals surface area contributed by atoms with Crippen molar-refractivity contribution in [3.63, 3.8) is 0 Å². The Bertz CT molecular complexity index is 930. The minimum absolute atomic E-state index is 0.127. The molecule has 0 saturated carbocycles. The first-order valence-electron chi connectivity index (χ1n) is 7.72. The van der Waals surface area contributed by atoms with Gasteiger partial charge in [-0.1, -0.05) is 6.07 Å². The summed E-state index contributed by atoms with van der Waals surface area (Å²) in [5, 5.41) is 12.9. The average Bonchev–Trinajstić information content (AvgIpc) is 2.60. The van der Waals surface area contributed by atoms with Gasteiger partial charge >= 0.3 is 12.1 Å². The van der Waals surface area contributed by atoms with Crippen molar-refractivity contribution in [2.75, 3.05) is 11.1 Å². The quantitative estimate of drug-likeness (QED) is 0.345. The smallest absolute Gasteiger partial charge is 0.416 e. The van der Waals surface area contributed by atoms with Gasteiger partial charge in [0.15, 0.2) is 6.10 Å². The predicted octanol–water partition coefficient (Wildman–Crippen LogP) is 3.38. The largest absolute Gasteiger partial charge is 0.449 e. The topological polar surface area (TPSA) is 125 Å². The molecule has 1 amide bonds. The van der Waals surface area contributed by atoms with Crippen LogP contribution < -0.4 is 11.1 Å². The lowest BCUT2D eigenvalue weighted by atomic mass is 10.1. The standard InChI is InChI=1S/C17H14F3N3O5/c1-9(15(24)22-11-4-2-3-10(7-11)17(18,19)20)28-16(25)13-6-5-12(23(26)27)8-14(13)21/h2-9H,21H2,1H3,(H,22,24)/t9-/m0/s1.